The topological polar surface area (TPSA) is 97.3 Å². The number of carboxylic acid groups (broad SMARTS) is 1. The van der Waals surface area contributed by atoms with Gasteiger partial charge in [-0.15, -0.1) is 12.4 Å². The van der Waals surface area contributed by atoms with Crippen LogP contribution in [0.3, 0.4) is 0 Å². The summed E-state index contributed by atoms with van der Waals surface area (Å²) in [5.74, 6) is -2.38. The molecule has 33 heavy (non-hydrogen) atoms. The first-order valence-electron chi connectivity index (χ1n) is 10.3. The molecule has 0 unspecified atom stereocenters. The van der Waals surface area contributed by atoms with Gasteiger partial charge in [0.05, 0.1) is 11.2 Å². The Morgan fingerprint density at radius 2 is 1.67 bits per heavy atom. The Morgan fingerprint density at radius 1 is 1.00 bits per heavy atom. The van der Waals surface area contributed by atoms with Crippen molar-refractivity contribution in [2.24, 2.45) is 0 Å². The van der Waals surface area contributed by atoms with Gasteiger partial charge >= 0.3 is 5.97 Å². The molecule has 2 bridgehead atoms. The zero-order chi connectivity index (χ0) is 21.7. The van der Waals surface area contributed by atoms with E-state index in [1.54, 1.807) is 6.07 Å². The number of aromatic carboxylic acids is 1. The Hall–Kier alpha value is -3.01. The zero-order valence-corrected chi connectivity index (χ0v) is 18.4. The number of pyridine rings is 1. The van der Waals surface area contributed by atoms with Crippen molar-refractivity contribution in [1.29, 1.82) is 0 Å². The first kappa shape index (κ1) is 24.6. The van der Waals surface area contributed by atoms with E-state index in [1.807, 2.05) is 0 Å². The van der Waals surface area contributed by atoms with Gasteiger partial charge in [-0.3, -0.25) is 4.79 Å². The van der Waals surface area contributed by atoms with E-state index in [0.29, 0.717) is 23.4 Å². The van der Waals surface area contributed by atoms with Crippen LogP contribution < -0.4 is 10.3 Å². The van der Waals surface area contributed by atoms with Crippen LogP contribution in [0, 0.1) is 11.6 Å². The molecule has 0 amide bonds. The van der Waals surface area contributed by atoms with E-state index in [4.69, 9.17) is 0 Å². The van der Waals surface area contributed by atoms with E-state index in [2.05, 4.69) is 9.80 Å². The molecule has 0 spiro atoms. The summed E-state index contributed by atoms with van der Waals surface area (Å²) in [4.78, 5) is 28.9. The molecular weight excluding hydrogens is 456 g/mol. The van der Waals surface area contributed by atoms with Crippen LogP contribution in [0.1, 0.15) is 23.2 Å². The van der Waals surface area contributed by atoms with Crippen LogP contribution in [0.25, 0.3) is 16.6 Å². The van der Waals surface area contributed by atoms with Gasteiger partial charge in [0.15, 0.2) is 0 Å². The molecule has 176 valence electrons. The summed E-state index contributed by atoms with van der Waals surface area (Å²) in [6.45, 7) is 3.50. The van der Waals surface area contributed by atoms with Crippen LogP contribution in [-0.2, 0) is 0 Å². The maximum atomic E-state index is 15.3. The van der Waals surface area contributed by atoms with Crippen molar-refractivity contribution in [1.82, 2.24) is 9.47 Å². The predicted octanol–water partition coefficient (Wildman–Crippen LogP) is 2.85. The summed E-state index contributed by atoms with van der Waals surface area (Å²) in [7, 11) is 0. The lowest BCUT2D eigenvalue weighted by Gasteiger charge is -2.33. The van der Waals surface area contributed by atoms with Gasteiger partial charge in [-0.1, -0.05) is 0 Å². The molecule has 3 aromatic rings. The van der Waals surface area contributed by atoms with Crippen LogP contribution >= 0.6 is 12.4 Å². The highest BCUT2D eigenvalue weighted by Crippen LogP contribution is 2.32. The van der Waals surface area contributed by atoms with E-state index >= 15 is 4.39 Å². The average molecular weight is 480 g/mol. The Morgan fingerprint density at radius 3 is 2.30 bits per heavy atom. The van der Waals surface area contributed by atoms with E-state index in [-0.39, 0.29) is 29.3 Å². The lowest BCUT2D eigenvalue weighted by atomic mass is 10.0. The van der Waals surface area contributed by atoms with Crippen LogP contribution in [0.15, 0.2) is 47.4 Å². The number of carbonyl (C=O) groups is 1. The molecule has 3 fully saturated rings. The van der Waals surface area contributed by atoms with Gasteiger partial charge in [-0.25, -0.2) is 13.6 Å². The lowest BCUT2D eigenvalue weighted by molar-refractivity contribution is 0.0695. The second-order valence-corrected chi connectivity index (χ2v) is 8.11. The third kappa shape index (κ3) is 4.31. The van der Waals surface area contributed by atoms with Gasteiger partial charge in [0.2, 0.25) is 5.43 Å². The molecule has 0 saturated carbocycles. The maximum Gasteiger partial charge on any atom is 0.341 e. The van der Waals surface area contributed by atoms with Crippen LogP contribution in [0.2, 0.25) is 0 Å². The largest absolute Gasteiger partial charge is 0.477 e. The minimum atomic E-state index is -1.40. The summed E-state index contributed by atoms with van der Waals surface area (Å²) in [5, 5.41) is 9.47. The van der Waals surface area contributed by atoms with Gasteiger partial charge in [0, 0.05) is 49.5 Å². The number of piperidine rings is 1. The fourth-order valence-electron chi connectivity index (χ4n) is 4.73. The summed E-state index contributed by atoms with van der Waals surface area (Å²) in [5.41, 5.74) is 0.0606. The number of carboxylic acids is 1. The summed E-state index contributed by atoms with van der Waals surface area (Å²) >= 11 is 0. The molecule has 3 aliphatic rings. The summed E-state index contributed by atoms with van der Waals surface area (Å²) in [6.07, 6.45) is 3.11. The SMILES string of the molecule is Cl.O.O=C(O)c1cn(-c2ccc(F)cc2)c2cc(N3CCN4CCC3CC4)c(F)cc2c1=O. The first-order chi connectivity index (χ1) is 14.9. The lowest BCUT2D eigenvalue weighted by Crippen LogP contribution is -2.38. The normalized spacial score (nSPS) is 19.5. The molecule has 10 heteroatoms. The van der Waals surface area contributed by atoms with Gasteiger partial charge in [-0.05, 0) is 49.2 Å². The number of fused-ring (bicyclic) bond motifs is 5. The molecule has 4 heterocycles. The average Bonchev–Trinajstić information content (AvgIpc) is 3.08. The van der Waals surface area contributed by atoms with Crippen molar-refractivity contribution >= 4 is 35.0 Å². The minimum Gasteiger partial charge on any atom is -0.477 e. The van der Waals surface area contributed by atoms with Crippen LogP contribution in [0.5, 0.6) is 0 Å². The third-order valence-electron chi connectivity index (χ3n) is 6.37. The molecule has 3 N–H and O–H groups in total. The predicted molar refractivity (Wildman–Crippen MR) is 124 cm³/mol. The van der Waals surface area contributed by atoms with Crippen LogP contribution in [-0.4, -0.2) is 58.2 Å². The van der Waals surface area contributed by atoms with Crippen molar-refractivity contribution in [3.8, 4) is 5.69 Å². The molecule has 1 aromatic heterocycles. The molecule has 7 nitrogen and oxygen atoms in total. The number of aromatic nitrogens is 1. The Bertz CT molecular complexity index is 1240. The number of rotatable bonds is 3. The first-order valence-corrected chi connectivity index (χ1v) is 10.3. The Labute approximate surface area is 194 Å². The van der Waals surface area contributed by atoms with Crippen molar-refractivity contribution in [2.45, 2.75) is 18.9 Å². The number of halogens is 3. The Balaban J connectivity index is 0.00000153. The number of benzene rings is 2. The van der Waals surface area contributed by atoms with E-state index in [9.17, 15) is 19.1 Å². The molecule has 3 saturated heterocycles. The molecule has 0 aliphatic carbocycles. The standard InChI is InChI=1S/C23H21F2N3O3.ClH.H2O/c24-14-1-3-15(4-2-14)28-13-18(23(30)31)22(29)17-11-19(25)21(12-20(17)28)27-10-9-26-7-5-16(27)6-8-26;;/h1-4,11-13,16H,5-10H2,(H,30,31);1H;1H2. The van der Waals surface area contributed by atoms with Crippen molar-refractivity contribution in [3.63, 3.8) is 0 Å². The minimum absolute atomic E-state index is 0. The molecule has 2 aromatic carbocycles. The fourth-order valence-corrected chi connectivity index (χ4v) is 4.73. The van der Waals surface area contributed by atoms with Crippen molar-refractivity contribution in [3.05, 3.63) is 70.0 Å². The monoisotopic (exact) mass is 479 g/mol. The number of anilines is 1. The molecule has 0 radical (unpaired) electrons. The fraction of sp³-hybridized carbons (Fsp3) is 0.304. The molecule has 0 atom stereocenters. The van der Waals surface area contributed by atoms with Crippen molar-refractivity contribution in [2.75, 3.05) is 31.1 Å². The number of hydrogen-bond acceptors (Lipinski definition) is 4. The highest BCUT2D eigenvalue weighted by Gasteiger charge is 2.31. The zero-order valence-electron chi connectivity index (χ0n) is 17.6. The van der Waals surface area contributed by atoms with Gasteiger partial charge in [0.25, 0.3) is 0 Å². The van der Waals surface area contributed by atoms with E-state index in [0.717, 1.165) is 38.5 Å². The third-order valence-corrected chi connectivity index (χ3v) is 6.37. The molecule has 6 rings (SSSR count). The Kier molecular flexibility index (Phi) is 7.06. The number of nitrogens with zero attached hydrogens (tertiary/aromatic N) is 3. The summed E-state index contributed by atoms with van der Waals surface area (Å²) < 4.78 is 30.2. The van der Waals surface area contributed by atoms with E-state index in [1.165, 1.54) is 35.0 Å². The van der Waals surface area contributed by atoms with Crippen molar-refractivity contribution < 1.29 is 24.2 Å². The second-order valence-electron chi connectivity index (χ2n) is 8.11. The quantitative estimate of drug-likeness (QED) is 0.623. The molecule has 3 aliphatic heterocycles. The van der Waals surface area contributed by atoms with E-state index < -0.39 is 28.6 Å². The smallest absolute Gasteiger partial charge is 0.341 e. The summed E-state index contributed by atoms with van der Waals surface area (Å²) in [6, 6.07) is 8.48. The second kappa shape index (κ2) is 9.46. The van der Waals surface area contributed by atoms with Gasteiger partial charge in [-0.2, -0.15) is 0 Å². The number of hydrogen-bond donors (Lipinski definition) is 1. The molecular formula is C23H24ClF2N3O4. The van der Waals surface area contributed by atoms with Gasteiger partial charge < -0.3 is 24.9 Å². The highest BCUT2D eigenvalue weighted by molar-refractivity contribution is 5.94. The van der Waals surface area contributed by atoms with Crippen LogP contribution in [0.4, 0.5) is 14.5 Å². The highest BCUT2D eigenvalue weighted by atomic mass is 35.5. The maximum absolute atomic E-state index is 15.3. The van der Waals surface area contributed by atoms with Gasteiger partial charge in [0.1, 0.15) is 17.2 Å².